The van der Waals surface area contributed by atoms with Gasteiger partial charge in [-0.1, -0.05) is 0 Å². The summed E-state index contributed by atoms with van der Waals surface area (Å²) in [5, 5.41) is 9.20. The van der Waals surface area contributed by atoms with Gasteiger partial charge in [0.05, 0.1) is 25.3 Å². The largest absolute Gasteiger partial charge is 0.476 e. The molecule has 1 aliphatic heterocycles. The van der Waals surface area contributed by atoms with Crippen LogP contribution in [0.4, 0.5) is 0 Å². The number of aromatic carboxylic acids is 1. The molecule has 20 heavy (non-hydrogen) atoms. The second-order valence-electron chi connectivity index (χ2n) is 4.74. The lowest BCUT2D eigenvalue weighted by atomic mass is 9.97. The van der Waals surface area contributed by atoms with Crippen LogP contribution >= 0.6 is 0 Å². The number of aromatic nitrogens is 2. The van der Waals surface area contributed by atoms with E-state index in [1.807, 2.05) is 4.57 Å². The van der Waals surface area contributed by atoms with Gasteiger partial charge in [0.15, 0.2) is 5.69 Å². The Labute approximate surface area is 116 Å². The van der Waals surface area contributed by atoms with Crippen molar-refractivity contribution in [2.75, 3.05) is 20.8 Å². The minimum Gasteiger partial charge on any atom is -0.476 e. The number of carbonyl (C=O) groups is 2. The third-order valence-corrected chi connectivity index (χ3v) is 3.55. The lowest BCUT2D eigenvalue weighted by Crippen LogP contribution is -2.29. The van der Waals surface area contributed by atoms with Crippen LogP contribution in [0.5, 0.6) is 0 Å². The van der Waals surface area contributed by atoms with Gasteiger partial charge in [0, 0.05) is 20.1 Å². The van der Waals surface area contributed by atoms with E-state index in [-0.39, 0.29) is 17.6 Å². The molecule has 0 bridgehead atoms. The first kappa shape index (κ1) is 14.5. The number of hydrogen-bond donors (Lipinski definition) is 1. The first-order valence-electron chi connectivity index (χ1n) is 6.46. The quantitative estimate of drug-likeness (QED) is 0.791. The van der Waals surface area contributed by atoms with Crippen molar-refractivity contribution in [3.8, 4) is 0 Å². The van der Waals surface area contributed by atoms with Crippen LogP contribution in [0.2, 0.25) is 0 Å². The smallest absolute Gasteiger partial charge is 0.356 e. The first-order valence-corrected chi connectivity index (χ1v) is 6.46. The molecule has 1 aromatic heterocycles. The van der Waals surface area contributed by atoms with Gasteiger partial charge in [-0.2, -0.15) is 0 Å². The second kappa shape index (κ2) is 6.04. The van der Waals surface area contributed by atoms with E-state index in [1.54, 1.807) is 7.11 Å². The zero-order chi connectivity index (χ0) is 14.7. The van der Waals surface area contributed by atoms with E-state index in [1.165, 1.54) is 7.11 Å². The molecule has 110 valence electrons. The summed E-state index contributed by atoms with van der Waals surface area (Å²) in [5.41, 5.74) is 0.767. The van der Waals surface area contributed by atoms with Gasteiger partial charge in [0.1, 0.15) is 5.82 Å². The summed E-state index contributed by atoms with van der Waals surface area (Å²) in [7, 11) is 2.94. The highest BCUT2D eigenvalue weighted by Crippen LogP contribution is 2.25. The normalized spacial score (nSPS) is 17.6. The third-order valence-electron chi connectivity index (χ3n) is 3.55. The zero-order valence-electron chi connectivity index (χ0n) is 11.6. The fourth-order valence-corrected chi connectivity index (χ4v) is 2.54. The summed E-state index contributed by atoms with van der Waals surface area (Å²) in [5.74, 6) is -0.898. The minimum atomic E-state index is -1.03. The highest BCUT2D eigenvalue weighted by atomic mass is 16.5. The summed E-state index contributed by atoms with van der Waals surface area (Å²) in [6.07, 6.45) is 1.62. The molecule has 0 saturated carbocycles. The van der Waals surface area contributed by atoms with Crippen molar-refractivity contribution in [3.05, 3.63) is 17.2 Å². The molecule has 0 aromatic carbocycles. The number of ether oxygens (including phenoxy) is 2. The summed E-state index contributed by atoms with van der Waals surface area (Å²) in [6.45, 7) is 0.875. The van der Waals surface area contributed by atoms with Crippen molar-refractivity contribution < 1.29 is 24.2 Å². The number of esters is 1. The molecule has 0 radical (unpaired) electrons. The van der Waals surface area contributed by atoms with Crippen LogP contribution in [0, 0.1) is 5.92 Å². The molecule has 2 rings (SSSR count). The van der Waals surface area contributed by atoms with Gasteiger partial charge in [-0.15, -0.1) is 0 Å². The van der Waals surface area contributed by atoms with E-state index in [0.717, 1.165) is 0 Å². The number of carbonyl (C=O) groups excluding carboxylic acids is 1. The Bertz CT molecular complexity index is 523. The molecule has 1 atom stereocenters. The van der Waals surface area contributed by atoms with Crippen LogP contribution in [-0.2, 0) is 33.7 Å². The maximum Gasteiger partial charge on any atom is 0.356 e. The molecule has 0 fully saturated rings. The van der Waals surface area contributed by atoms with Crippen LogP contribution in [0.1, 0.15) is 28.4 Å². The summed E-state index contributed by atoms with van der Waals surface area (Å²) in [6, 6.07) is 0. The molecular weight excluding hydrogens is 264 g/mol. The van der Waals surface area contributed by atoms with Crippen molar-refractivity contribution in [2.45, 2.75) is 25.8 Å². The van der Waals surface area contributed by atoms with Gasteiger partial charge < -0.3 is 19.1 Å². The molecule has 0 saturated heterocycles. The van der Waals surface area contributed by atoms with Crippen LogP contribution in [-0.4, -0.2) is 47.4 Å². The lowest BCUT2D eigenvalue weighted by molar-refractivity contribution is -0.146. The van der Waals surface area contributed by atoms with E-state index in [2.05, 4.69) is 4.98 Å². The molecule has 1 N–H and O–H groups in total. The molecule has 0 aliphatic carbocycles. The average Bonchev–Trinajstić information content (AvgIpc) is 2.82. The number of rotatable bonds is 5. The van der Waals surface area contributed by atoms with Crippen molar-refractivity contribution in [2.24, 2.45) is 5.92 Å². The zero-order valence-corrected chi connectivity index (χ0v) is 11.6. The highest BCUT2D eigenvalue weighted by molar-refractivity contribution is 5.87. The molecule has 1 aromatic rings. The Morgan fingerprint density at radius 3 is 2.80 bits per heavy atom. The van der Waals surface area contributed by atoms with Crippen LogP contribution < -0.4 is 0 Å². The Morgan fingerprint density at radius 2 is 2.20 bits per heavy atom. The van der Waals surface area contributed by atoms with E-state index in [9.17, 15) is 14.7 Å². The van der Waals surface area contributed by atoms with Gasteiger partial charge >= 0.3 is 11.9 Å². The summed E-state index contributed by atoms with van der Waals surface area (Å²) < 4.78 is 11.6. The van der Waals surface area contributed by atoms with Gasteiger partial charge in [-0.05, 0) is 12.8 Å². The molecular formula is C13H18N2O5. The molecule has 0 amide bonds. The van der Waals surface area contributed by atoms with Crippen LogP contribution in [0.15, 0.2) is 0 Å². The molecule has 1 unspecified atom stereocenters. The van der Waals surface area contributed by atoms with Gasteiger partial charge in [0.2, 0.25) is 0 Å². The van der Waals surface area contributed by atoms with Crippen molar-refractivity contribution >= 4 is 11.9 Å². The van der Waals surface area contributed by atoms with Crippen molar-refractivity contribution in [1.82, 2.24) is 9.55 Å². The van der Waals surface area contributed by atoms with Gasteiger partial charge in [-0.25, -0.2) is 9.78 Å². The predicted molar refractivity (Wildman–Crippen MR) is 68.6 cm³/mol. The Morgan fingerprint density at radius 1 is 1.45 bits per heavy atom. The Balaban J connectivity index is 2.32. The van der Waals surface area contributed by atoms with E-state index >= 15 is 0 Å². The molecule has 2 heterocycles. The fourth-order valence-electron chi connectivity index (χ4n) is 2.54. The average molecular weight is 282 g/mol. The molecule has 7 heteroatoms. The number of fused-ring (bicyclic) bond motifs is 1. The number of nitrogens with zero attached hydrogens (tertiary/aromatic N) is 2. The van der Waals surface area contributed by atoms with Crippen molar-refractivity contribution in [3.63, 3.8) is 0 Å². The van der Waals surface area contributed by atoms with E-state index in [0.29, 0.717) is 43.9 Å². The molecule has 0 spiro atoms. The van der Waals surface area contributed by atoms with E-state index < -0.39 is 5.97 Å². The highest BCUT2D eigenvalue weighted by Gasteiger charge is 2.31. The van der Waals surface area contributed by atoms with Gasteiger partial charge in [0.25, 0.3) is 0 Å². The number of carboxylic acid groups (broad SMARTS) is 1. The maximum atomic E-state index is 11.6. The predicted octanol–water partition coefficient (Wildman–Crippen LogP) is 0.506. The van der Waals surface area contributed by atoms with E-state index in [4.69, 9.17) is 9.47 Å². The number of imidazole rings is 1. The second-order valence-corrected chi connectivity index (χ2v) is 4.74. The maximum absolute atomic E-state index is 11.6. The number of carboxylic acids is 1. The standard InChI is InChI=1S/C13H18N2O5/c1-19-6-5-10-14-11(12(16)17)9-4-3-8(7-15(9)10)13(18)20-2/h8H,3-7H2,1-2H3,(H,16,17). The SMILES string of the molecule is COCCc1nc(C(=O)O)c2n1CC(C(=O)OC)CC2. The lowest BCUT2D eigenvalue weighted by Gasteiger charge is -2.23. The number of methoxy groups -OCH3 is 2. The monoisotopic (exact) mass is 282 g/mol. The fraction of sp³-hybridized carbons (Fsp3) is 0.615. The molecule has 1 aliphatic rings. The van der Waals surface area contributed by atoms with Crippen molar-refractivity contribution in [1.29, 1.82) is 0 Å². The first-order chi connectivity index (χ1) is 9.58. The van der Waals surface area contributed by atoms with Crippen LogP contribution in [0.25, 0.3) is 0 Å². The molecule has 7 nitrogen and oxygen atoms in total. The Hall–Kier alpha value is -1.89. The number of hydrogen-bond acceptors (Lipinski definition) is 5. The summed E-state index contributed by atoms with van der Waals surface area (Å²) in [4.78, 5) is 27.1. The Kier molecular flexibility index (Phi) is 4.39. The minimum absolute atomic E-state index is 0.0828. The topological polar surface area (TPSA) is 90.6 Å². The summed E-state index contributed by atoms with van der Waals surface area (Å²) >= 11 is 0. The van der Waals surface area contributed by atoms with Crippen LogP contribution in [0.3, 0.4) is 0 Å². The van der Waals surface area contributed by atoms with Gasteiger partial charge in [-0.3, -0.25) is 4.79 Å². The third kappa shape index (κ3) is 2.67.